The van der Waals surface area contributed by atoms with Crippen LogP contribution in [0.4, 0.5) is 0 Å². The molecule has 0 aliphatic carbocycles. The van der Waals surface area contributed by atoms with Gasteiger partial charge in [0.15, 0.2) is 11.8 Å². The van der Waals surface area contributed by atoms with Gasteiger partial charge in [0.05, 0.1) is 0 Å². The summed E-state index contributed by atoms with van der Waals surface area (Å²) in [5.41, 5.74) is 0. The highest BCUT2D eigenvalue weighted by Crippen LogP contribution is 2.19. The van der Waals surface area contributed by atoms with E-state index in [1.807, 2.05) is 31.2 Å². The number of rotatable bonds is 8. The molecule has 130 valence electrons. The van der Waals surface area contributed by atoms with E-state index in [-0.39, 0.29) is 0 Å². The zero-order valence-corrected chi connectivity index (χ0v) is 15.5. The van der Waals surface area contributed by atoms with Crippen LogP contribution in [-0.2, 0) is 6.42 Å². The Balaban J connectivity index is 1.57. The lowest BCUT2D eigenvalue weighted by atomic mass is 10.3. The highest BCUT2D eigenvalue weighted by molar-refractivity contribution is 7.99. The minimum absolute atomic E-state index is 0.675. The molecule has 8 heteroatoms. The van der Waals surface area contributed by atoms with Gasteiger partial charge in [0.2, 0.25) is 5.89 Å². The summed E-state index contributed by atoms with van der Waals surface area (Å²) in [6, 6.07) is 7.87. The van der Waals surface area contributed by atoms with Crippen LogP contribution in [0.15, 0.2) is 38.7 Å². The second-order valence-electron chi connectivity index (χ2n) is 5.07. The molecule has 0 fully saturated rings. The average molecular weight is 368 g/mol. The molecule has 2 rings (SSSR count). The van der Waals surface area contributed by atoms with Crippen molar-refractivity contribution in [3.63, 3.8) is 0 Å². The summed E-state index contributed by atoms with van der Waals surface area (Å²) in [6.45, 7) is 3.44. The van der Waals surface area contributed by atoms with E-state index in [0.717, 1.165) is 42.7 Å². The molecule has 0 saturated heterocycles. The lowest BCUT2D eigenvalue weighted by Crippen LogP contribution is -2.38. The monoisotopic (exact) mass is 367 g/mol. The molecule has 0 unspecified atom stereocenters. The number of hydrogen-bond acceptors (Lipinski definition) is 5. The number of aromatic nitrogens is 2. The summed E-state index contributed by atoms with van der Waals surface area (Å²) in [5, 5.41) is 11.1. The van der Waals surface area contributed by atoms with Crippen molar-refractivity contribution < 1.29 is 4.52 Å². The van der Waals surface area contributed by atoms with Crippen LogP contribution in [0, 0.1) is 6.92 Å². The van der Waals surface area contributed by atoms with Gasteiger partial charge in [-0.3, -0.25) is 4.99 Å². The Bertz CT molecular complexity index is 644. The Morgan fingerprint density at radius 1 is 1.25 bits per heavy atom. The molecule has 0 saturated carbocycles. The molecule has 0 radical (unpaired) electrons. The van der Waals surface area contributed by atoms with Gasteiger partial charge in [0, 0.05) is 42.2 Å². The summed E-state index contributed by atoms with van der Waals surface area (Å²) in [6.07, 6.45) is 1.67. The lowest BCUT2D eigenvalue weighted by molar-refractivity contribution is 0.372. The van der Waals surface area contributed by atoms with E-state index in [1.54, 1.807) is 18.8 Å². The first-order valence-corrected chi connectivity index (χ1v) is 9.16. The molecular weight excluding hydrogens is 346 g/mol. The van der Waals surface area contributed by atoms with Crippen LogP contribution < -0.4 is 10.6 Å². The quantitative estimate of drug-likeness (QED) is 0.323. The van der Waals surface area contributed by atoms with E-state index < -0.39 is 0 Å². The fraction of sp³-hybridized carbons (Fsp3) is 0.438. The standard InChI is InChI=1S/C16H22ClN5OS/c1-12-21-15(23-22-12)4-3-9-19-16(18-2)20-10-11-24-14-7-5-13(17)6-8-14/h5-8H,3-4,9-11H2,1-2H3,(H2,18,19,20). The van der Waals surface area contributed by atoms with Gasteiger partial charge < -0.3 is 15.2 Å². The number of nitrogens with zero attached hydrogens (tertiary/aromatic N) is 3. The van der Waals surface area contributed by atoms with Crippen molar-refractivity contribution in [3.05, 3.63) is 41.0 Å². The number of thioether (sulfide) groups is 1. The third-order valence-electron chi connectivity index (χ3n) is 3.13. The van der Waals surface area contributed by atoms with Gasteiger partial charge in [0.1, 0.15) is 0 Å². The fourth-order valence-corrected chi connectivity index (χ4v) is 2.87. The highest BCUT2D eigenvalue weighted by Gasteiger charge is 2.03. The van der Waals surface area contributed by atoms with Gasteiger partial charge in [-0.1, -0.05) is 16.8 Å². The maximum atomic E-state index is 5.88. The van der Waals surface area contributed by atoms with Crippen molar-refractivity contribution in [1.82, 2.24) is 20.8 Å². The van der Waals surface area contributed by atoms with Crippen molar-refractivity contribution in [2.75, 3.05) is 25.9 Å². The molecular formula is C16H22ClN5OS. The van der Waals surface area contributed by atoms with E-state index >= 15 is 0 Å². The zero-order valence-electron chi connectivity index (χ0n) is 13.9. The molecule has 0 aliphatic heterocycles. The largest absolute Gasteiger partial charge is 0.356 e. The van der Waals surface area contributed by atoms with E-state index in [9.17, 15) is 0 Å². The molecule has 1 heterocycles. The minimum Gasteiger partial charge on any atom is -0.356 e. The van der Waals surface area contributed by atoms with E-state index in [2.05, 4.69) is 25.8 Å². The summed E-state index contributed by atoms with van der Waals surface area (Å²) >= 11 is 7.65. The van der Waals surface area contributed by atoms with Crippen LogP contribution in [0.1, 0.15) is 18.1 Å². The molecule has 1 aromatic carbocycles. The lowest BCUT2D eigenvalue weighted by Gasteiger charge is -2.11. The van der Waals surface area contributed by atoms with Crippen molar-refractivity contribution in [2.24, 2.45) is 4.99 Å². The minimum atomic E-state index is 0.675. The molecule has 0 aliphatic rings. The molecule has 2 N–H and O–H groups in total. The number of hydrogen-bond donors (Lipinski definition) is 2. The van der Waals surface area contributed by atoms with Crippen molar-refractivity contribution >= 4 is 29.3 Å². The van der Waals surface area contributed by atoms with Crippen LogP contribution in [0.25, 0.3) is 0 Å². The number of aliphatic imine (C=N–C) groups is 1. The van der Waals surface area contributed by atoms with Crippen molar-refractivity contribution in [1.29, 1.82) is 0 Å². The summed E-state index contributed by atoms with van der Waals surface area (Å²) in [7, 11) is 1.77. The first-order valence-electron chi connectivity index (χ1n) is 7.79. The second kappa shape index (κ2) is 10.2. The normalized spacial score (nSPS) is 11.5. The van der Waals surface area contributed by atoms with Crippen LogP contribution >= 0.6 is 23.4 Å². The number of aryl methyl sites for hydroxylation is 2. The topological polar surface area (TPSA) is 75.3 Å². The third-order valence-corrected chi connectivity index (χ3v) is 4.40. The van der Waals surface area contributed by atoms with E-state index in [4.69, 9.17) is 16.1 Å². The molecule has 0 spiro atoms. The first-order chi connectivity index (χ1) is 11.7. The van der Waals surface area contributed by atoms with Crippen LogP contribution in [0.5, 0.6) is 0 Å². The number of benzene rings is 1. The second-order valence-corrected chi connectivity index (χ2v) is 6.67. The number of guanidine groups is 1. The molecule has 0 atom stereocenters. The number of nitrogens with one attached hydrogen (secondary N) is 2. The molecule has 1 aromatic heterocycles. The maximum absolute atomic E-state index is 5.88. The first kappa shape index (κ1) is 18.6. The Hall–Kier alpha value is -1.73. The Kier molecular flexibility index (Phi) is 7.91. The smallest absolute Gasteiger partial charge is 0.226 e. The highest BCUT2D eigenvalue weighted by atomic mass is 35.5. The maximum Gasteiger partial charge on any atom is 0.226 e. The molecule has 6 nitrogen and oxygen atoms in total. The van der Waals surface area contributed by atoms with Crippen LogP contribution in [0.2, 0.25) is 5.02 Å². The third kappa shape index (κ3) is 6.80. The van der Waals surface area contributed by atoms with Crippen LogP contribution in [0.3, 0.4) is 0 Å². The SMILES string of the molecule is CN=C(NCCCc1nc(C)no1)NCCSc1ccc(Cl)cc1. The zero-order chi connectivity index (χ0) is 17.2. The van der Waals surface area contributed by atoms with Crippen LogP contribution in [-0.4, -0.2) is 42.0 Å². The predicted molar refractivity (Wildman–Crippen MR) is 98.9 cm³/mol. The van der Waals surface area contributed by atoms with Gasteiger partial charge in [0.25, 0.3) is 0 Å². The van der Waals surface area contributed by atoms with Gasteiger partial charge in [-0.25, -0.2) is 0 Å². The predicted octanol–water partition coefficient (Wildman–Crippen LogP) is 2.92. The van der Waals surface area contributed by atoms with Crippen molar-refractivity contribution in [2.45, 2.75) is 24.7 Å². The van der Waals surface area contributed by atoms with Gasteiger partial charge in [-0.2, -0.15) is 4.98 Å². The molecule has 0 bridgehead atoms. The molecule has 2 aromatic rings. The Morgan fingerprint density at radius 3 is 2.67 bits per heavy atom. The Morgan fingerprint density at radius 2 is 2.00 bits per heavy atom. The summed E-state index contributed by atoms with van der Waals surface area (Å²) in [4.78, 5) is 9.60. The van der Waals surface area contributed by atoms with E-state index in [0.29, 0.717) is 11.7 Å². The average Bonchev–Trinajstić information content (AvgIpc) is 3.00. The van der Waals surface area contributed by atoms with Gasteiger partial charge in [-0.05, 0) is 37.6 Å². The van der Waals surface area contributed by atoms with Gasteiger partial charge in [-0.15, -0.1) is 11.8 Å². The van der Waals surface area contributed by atoms with E-state index in [1.165, 1.54) is 4.90 Å². The molecule has 0 amide bonds. The fourth-order valence-electron chi connectivity index (χ4n) is 1.98. The molecule has 24 heavy (non-hydrogen) atoms. The number of halogens is 1. The Labute approximate surface area is 151 Å². The van der Waals surface area contributed by atoms with Crippen molar-refractivity contribution in [3.8, 4) is 0 Å². The summed E-state index contributed by atoms with van der Waals surface area (Å²) in [5.74, 6) is 3.10. The van der Waals surface area contributed by atoms with Gasteiger partial charge >= 0.3 is 0 Å². The summed E-state index contributed by atoms with van der Waals surface area (Å²) < 4.78 is 5.08.